The smallest absolute Gasteiger partial charge is 0.247 e. The minimum atomic E-state index is -0.710. The lowest BCUT2D eigenvalue weighted by atomic mass is 10.0. The normalized spacial score (nSPS) is 13.0. The average molecular weight is 950 g/mol. The van der Waals surface area contributed by atoms with Crippen molar-refractivity contribution in [3.05, 3.63) is 119 Å². The molecular formula is C53H71N7O9. The van der Waals surface area contributed by atoms with E-state index in [0.29, 0.717) is 109 Å². The predicted octanol–water partition coefficient (Wildman–Crippen LogP) is 6.55. The first kappa shape index (κ1) is 53.6. The largest absolute Gasteiger partial charge is 0.497 e. The van der Waals surface area contributed by atoms with Crippen molar-refractivity contribution in [1.29, 1.82) is 0 Å². The highest BCUT2D eigenvalue weighted by atomic mass is 16.5. The molecule has 4 aromatic rings. The number of carbonyl (C=O) groups excluding carboxylic acids is 3. The van der Waals surface area contributed by atoms with Gasteiger partial charge in [-0.1, -0.05) is 54.1 Å². The zero-order valence-electron chi connectivity index (χ0n) is 40.5. The van der Waals surface area contributed by atoms with E-state index < -0.39 is 6.04 Å². The van der Waals surface area contributed by atoms with E-state index in [1.165, 1.54) is 0 Å². The highest BCUT2D eigenvalue weighted by Gasteiger charge is 2.41. The Morgan fingerprint density at radius 1 is 0.739 bits per heavy atom. The SMILES string of the molecule is COc1ccc(CNC(=O)C(c2ccc(C)cc2)N(C(=O)CCc2ccc(OCCCCN(C)CCOCCOCC/C(C=NCCOCCOc3ccc(NC=O)cc3)=N/N)cc2)C2CC2)cc1. The molecule has 69 heavy (non-hydrogen) atoms. The highest BCUT2D eigenvalue weighted by Crippen LogP contribution is 2.36. The van der Waals surface area contributed by atoms with Gasteiger partial charge in [0.25, 0.3) is 0 Å². The number of ether oxygens (including phenoxy) is 6. The number of hydrazone groups is 1. The van der Waals surface area contributed by atoms with Crippen LogP contribution in [0.2, 0.25) is 0 Å². The van der Waals surface area contributed by atoms with Crippen molar-refractivity contribution >= 4 is 35.8 Å². The first-order valence-electron chi connectivity index (χ1n) is 23.9. The van der Waals surface area contributed by atoms with Gasteiger partial charge in [-0.05, 0) is 118 Å². The van der Waals surface area contributed by atoms with Crippen molar-refractivity contribution in [3.8, 4) is 17.2 Å². The standard InChI is InChI=1S/C53H71N7O9/c1-41-6-13-44(14-7-41)52(53(63)56-38-43-10-19-48(64-3)20-11-43)60(47-17-18-47)51(62)25-12-42-8-21-49(22-9-42)68-30-5-4-28-59(2)29-33-67-35-34-65-31-26-46(58-54)39-55-27-32-66-36-37-69-50-23-15-45(16-24-50)57-40-61/h6-11,13-16,19-24,39-40,47,52H,4-5,12,17-18,25-38,54H2,1-3H3,(H,56,63)(H,57,61)/b55-39?,58-46-. The Balaban J connectivity index is 0.879. The number of nitrogens with one attached hydrogen (secondary N) is 2. The van der Waals surface area contributed by atoms with Gasteiger partial charge in [-0.3, -0.25) is 19.4 Å². The number of anilines is 1. The molecule has 372 valence electrons. The quantitative estimate of drug-likeness (QED) is 0.0149. The Morgan fingerprint density at radius 3 is 2.06 bits per heavy atom. The number of hydrogen-bond acceptors (Lipinski definition) is 13. The summed E-state index contributed by atoms with van der Waals surface area (Å²) >= 11 is 0. The average Bonchev–Trinajstić information content (AvgIpc) is 4.22. The van der Waals surface area contributed by atoms with Gasteiger partial charge in [0.15, 0.2) is 0 Å². The van der Waals surface area contributed by atoms with Crippen LogP contribution in [0.4, 0.5) is 5.69 Å². The number of rotatable bonds is 35. The van der Waals surface area contributed by atoms with Crippen LogP contribution >= 0.6 is 0 Å². The number of carbonyl (C=O) groups is 3. The van der Waals surface area contributed by atoms with Crippen LogP contribution in [0.3, 0.4) is 0 Å². The maximum absolute atomic E-state index is 14.0. The van der Waals surface area contributed by atoms with Crippen molar-refractivity contribution in [2.75, 3.05) is 92.0 Å². The first-order valence-corrected chi connectivity index (χ1v) is 23.9. The predicted molar refractivity (Wildman–Crippen MR) is 269 cm³/mol. The topological polar surface area (TPSA) is 188 Å². The molecule has 4 N–H and O–H groups in total. The second-order valence-electron chi connectivity index (χ2n) is 16.8. The second kappa shape index (κ2) is 30.9. The number of amides is 3. The summed E-state index contributed by atoms with van der Waals surface area (Å²) < 4.78 is 33.9. The molecule has 0 bridgehead atoms. The van der Waals surface area contributed by atoms with E-state index in [-0.39, 0.29) is 17.9 Å². The third-order valence-electron chi connectivity index (χ3n) is 11.4. The van der Waals surface area contributed by atoms with E-state index in [0.717, 1.165) is 72.5 Å². The summed E-state index contributed by atoms with van der Waals surface area (Å²) in [4.78, 5) is 46.7. The molecule has 16 nitrogen and oxygen atoms in total. The fourth-order valence-electron chi connectivity index (χ4n) is 7.25. The number of likely N-dealkylation sites (N-methyl/N-ethyl adjacent to an activating group) is 1. The molecule has 3 amide bonds. The van der Waals surface area contributed by atoms with Crippen LogP contribution in [0, 0.1) is 6.92 Å². The first-order chi connectivity index (χ1) is 33.8. The van der Waals surface area contributed by atoms with Gasteiger partial charge in [0.05, 0.1) is 65.6 Å². The zero-order chi connectivity index (χ0) is 48.9. The maximum Gasteiger partial charge on any atom is 0.247 e. The van der Waals surface area contributed by atoms with E-state index >= 15 is 0 Å². The molecule has 16 heteroatoms. The lowest BCUT2D eigenvalue weighted by Crippen LogP contribution is -2.45. The number of benzene rings is 4. The third-order valence-corrected chi connectivity index (χ3v) is 11.4. The van der Waals surface area contributed by atoms with Crippen molar-refractivity contribution < 1.29 is 42.8 Å². The van der Waals surface area contributed by atoms with Crippen molar-refractivity contribution in [3.63, 3.8) is 0 Å². The summed E-state index contributed by atoms with van der Waals surface area (Å²) in [6.45, 7) is 8.54. The number of nitrogens with two attached hydrogens (primary N) is 1. The Hall–Kier alpha value is -6.33. The van der Waals surface area contributed by atoms with Gasteiger partial charge < -0.3 is 54.7 Å². The fourth-order valence-corrected chi connectivity index (χ4v) is 7.25. The Bertz CT molecular complexity index is 2150. The minimum absolute atomic E-state index is 0.0227. The van der Waals surface area contributed by atoms with E-state index in [1.807, 2.05) is 84.6 Å². The number of aliphatic imine (C=N–C) groups is 1. The van der Waals surface area contributed by atoms with Crippen LogP contribution in [-0.4, -0.2) is 133 Å². The van der Waals surface area contributed by atoms with Gasteiger partial charge in [0, 0.05) is 43.9 Å². The summed E-state index contributed by atoms with van der Waals surface area (Å²) in [5.74, 6) is 7.57. The monoisotopic (exact) mass is 950 g/mol. The van der Waals surface area contributed by atoms with Gasteiger partial charge >= 0.3 is 0 Å². The molecule has 1 saturated carbocycles. The van der Waals surface area contributed by atoms with Gasteiger partial charge in [-0.2, -0.15) is 5.10 Å². The molecule has 1 atom stereocenters. The Labute approximate surface area is 407 Å². The second-order valence-corrected chi connectivity index (χ2v) is 16.8. The molecule has 4 aromatic carbocycles. The van der Waals surface area contributed by atoms with Gasteiger partial charge in [-0.25, -0.2) is 0 Å². The molecule has 1 aliphatic rings. The van der Waals surface area contributed by atoms with Crippen LogP contribution in [-0.2, 0) is 41.6 Å². The molecule has 0 heterocycles. The molecular weight excluding hydrogens is 879 g/mol. The summed E-state index contributed by atoms with van der Waals surface area (Å²) in [6, 6.07) is 29.9. The summed E-state index contributed by atoms with van der Waals surface area (Å²) in [7, 11) is 3.71. The van der Waals surface area contributed by atoms with E-state index in [9.17, 15) is 14.4 Å². The van der Waals surface area contributed by atoms with Gasteiger partial charge in [0.2, 0.25) is 18.2 Å². The number of nitrogens with zero attached hydrogens (tertiary/aromatic N) is 4. The van der Waals surface area contributed by atoms with Gasteiger partial charge in [0.1, 0.15) is 29.9 Å². The molecule has 0 spiro atoms. The lowest BCUT2D eigenvalue weighted by molar-refractivity contribution is -0.141. The van der Waals surface area contributed by atoms with Crippen LogP contribution in [0.5, 0.6) is 17.2 Å². The number of hydrogen-bond donors (Lipinski definition) is 3. The third kappa shape index (κ3) is 20.4. The Morgan fingerprint density at radius 2 is 1.38 bits per heavy atom. The van der Waals surface area contributed by atoms with Crippen LogP contribution in [0.15, 0.2) is 107 Å². The van der Waals surface area contributed by atoms with Crippen molar-refractivity contribution in [2.45, 2.75) is 70.5 Å². The molecule has 5 rings (SSSR count). The lowest BCUT2D eigenvalue weighted by Gasteiger charge is -2.32. The molecule has 0 aromatic heterocycles. The molecule has 0 radical (unpaired) electrons. The van der Waals surface area contributed by atoms with Crippen LogP contribution in [0.25, 0.3) is 0 Å². The molecule has 1 fully saturated rings. The maximum atomic E-state index is 14.0. The summed E-state index contributed by atoms with van der Waals surface area (Å²) in [6.07, 6.45) is 7.39. The highest BCUT2D eigenvalue weighted by molar-refractivity contribution is 6.30. The summed E-state index contributed by atoms with van der Waals surface area (Å²) in [5.41, 5.74) is 5.25. The molecule has 1 unspecified atom stereocenters. The number of unbranched alkanes of at least 4 members (excludes halogenated alkanes) is 1. The van der Waals surface area contributed by atoms with Crippen LogP contribution < -0.4 is 30.7 Å². The van der Waals surface area contributed by atoms with E-state index in [2.05, 4.69) is 32.7 Å². The van der Waals surface area contributed by atoms with Crippen molar-refractivity contribution in [2.24, 2.45) is 15.9 Å². The van der Waals surface area contributed by atoms with Gasteiger partial charge in [-0.15, -0.1) is 0 Å². The fraction of sp³-hybridized carbons (Fsp3) is 0.453. The number of methoxy groups -OCH3 is 1. The molecule has 0 saturated heterocycles. The van der Waals surface area contributed by atoms with Crippen molar-refractivity contribution in [1.82, 2.24) is 15.1 Å². The van der Waals surface area contributed by atoms with E-state index in [4.69, 9.17) is 34.3 Å². The number of aryl methyl sites for hydroxylation is 2. The van der Waals surface area contributed by atoms with E-state index in [1.54, 1.807) is 37.6 Å². The molecule has 0 aliphatic heterocycles. The minimum Gasteiger partial charge on any atom is -0.497 e. The Kier molecular flexibility index (Phi) is 24.0. The molecule has 1 aliphatic carbocycles. The van der Waals surface area contributed by atoms with Crippen LogP contribution in [0.1, 0.15) is 66.8 Å². The zero-order valence-corrected chi connectivity index (χ0v) is 40.5. The summed E-state index contributed by atoms with van der Waals surface area (Å²) in [5, 5.41) is 9.47.